The smallest absolute Gasteiger partial charge is 0.326 e. The van der Waals surface area contributed by atoms with Crippen molar-refractivity contribution in [2.24, 2.45) is 0 Å². The molecule has 246 valence electrons. The van der Waals surface area contributed by atoms with Crippen molar-refractivity contribution < 1.29 is 27.9 Å². The number of nitrogens with zero attached hydrogens (tertiary/aromatic N) is 1. The van der Waals surface area contributed by atoms with E-state index in [2.05, 4.69) is 26.1 Å². The first-order chi connectivity index (χ1) is 22.2. The first-order valence-electron chi connectivity index (χ1n) is 15.8. The van der Waals surface area contributed by atoms with Crippen LogP contribution in [0, 0.1) is 0 Å². The number of carboxylic acid groups (broad SMARTS) is 1. The van der Waals surface area contributed by atoms with Crippen molar-refractivity contribution in [3.8, 4) is 22.6 Å². The fourth-order valence-corrected chi connectivity index (χ4v) is 7.15. The predicted molar refractivity (Wildman–Crippen MR) is 184 cm³/mol. The van der Waals surface area contributed by atoms with E-state index in [1.165, 1.54) is 4.31 Å². The maximum absolute atomic E-state index is 14.1. The summed E-state index contributed by atoms with van der Waals surface area (Å²) in [4.78, 5) is 26.5. The number of hydrogen-bond donors (Lipinski definition) is 2. The summed E-state index contributed by atoms with van der Waals surface area (Å²) in [6.45, 7) is 9.62. The van der Waals surface area contributed by atoms with Crippen LogP contribution in [0.2, 0.25) is 0 Å². The number of nitrogens with one attached hydrogen (secondary N) is 1. The molecule has 1 aliphatic rings. The molecule has 8 nitrogen and oxygen atoms in total. The van der Waals surface area contributed by atoms with Gasteiger partial charge in [-0.05, 0) is 83.3 Å². The predicted octanol–water partition coefficient (Wildman–Crippen LogP) is 6.89. The fraction of sp³-hybridized carbons (Fsp3) is 0.316. The number of carbonyl (C=O) groups excluding carboxylic acids is 1. The summed E-state index contributed by atoms with van der Waals surface area (Å²) < 4.78 is 34.5. The third kappa shape index (κ3) is 7.75. The molecule has 47 heavy (non-hydrogen) atoms. The molecule has 0 saturated carbocycles. The number of ether oxygens (including phenoxy) is 1. The molecule has 4 aromatic carbocycles. The van der Waals surface area contributed by atoms with Crippen LogP contribution in [0.1, 0.15) is 62.9 Å². The van der Waals surface area contributed by atoms with Crippen LogP contribution < -0.4 is 10.1 Å². The fourth-order valence-electron chi connectivity index (χ4n) is 5.76. The number of benzene rings is 4. The largest absolute Gasteiger partial charge is 0.480 e. The number of hydrogen-bond acceptors (Lipinski definition) is 5. The third-order valence-corrected chi connectivity index (χ3v) is 10.8. The second kappa shape index (κ2) is 13.7. The highest BCUT2D eigenvalue weighted by molar-refractivity contribution is 7.89. The van der Waals surface area contributed by atoms with Gasteiger partial charge in [0.2, 0.25) is 15.9 Å². The highest BCUT2D eigenvalue weighted by Gasteiger charge is 2.42. The van der Waals surface area contributed by atoms with Gasteiger partial charge in [0.05, 0.1) is 5.25 Å². The van der Waals surface area contributed by atoms with Crippen LogP contribution in [0.4, 0.5) is 0 Å². The molecule has 0 spiro atoms. The topological polar surface area (TPSA) is 113 Å². The van der Waals surface area contributed by atoms with Gasteiger partial charge in [-0.15, -0.1) is 0 Å². The van der Waals surface area contributed by atoms with Gasteiger partial charge >= 0.3 is 5.97 Å². The van der Waals surface area contributed by atoms with Crippen LogP contribution in [0.5, 0.6) is 11.5 Å². The number of carbonyl (C=O) groups is 2. The Balaban J connectivity index is 1.43. The SMILES string of the molecule is CC(C)S(=O)(=O)N1CCc2ccc(Oc3ccc(C(C)(C)C)cc3)cc2C1C(=O)N[C@@H](Cc1ccc(-c2ccccc2)cc1)C(=O)O. The van der Waals surface area contributed by atoms with E-state index in [1.807, 2.05) is 84.9 Å². The number of fused-ring (bicyclic) bond motifs is 1. The lowest BCUT2D eigenvalue weighted by Crippen LogP contribution is -2.52. The normalized spacial score (nSPS) is 15.9. The minimum atomic E-state index is -3.89. The van der Waals surface area contributed by atoms with Crippen LogP contribution in [-0.2, 0) is 37.9 Å². The van der Waals surface area contributed by atoms with Crippen molar-refractivity contribution in [1.82, 2.24) is 9.62 Å². The van der Waals surface area contributed by atoms with E-state index in [9.17, 15) is 23.1 Å². The van der Waals surface area contributed by atoms with Crippen LogP contribution in [0.25, 0.3) is 11.1 Å². The van der Waals surface area contributed by atoms with Gasteiger partial charge in [-0.25, -0.2) is 13.2 Å². The second-order valence-electron chi connectivity index (χ2n) is 13.3. The van der Waals surface area contributed by atoms with E-state index in [-0.39, 0.29) is 18.4 Å². The summed E-state index contributed by atoms with van der Waals surface area (Å²) in [6.07, 6.45) is 0.433. The molecule has 0 radical (unpaired) electrons. The molecule has 1 heterocycles. The van der Waals surface area contributed by atoms with Crippen molar-refractivity contribution in [3.05, 3.63) is 119 Å². The summed E-state index contributed by atoms with van der Waals surface area (Å²) in [6, 6.07) is 27.9. The Kier molecular flexibility index (Phi) is 9.89. The Morgan fingerprint density at radius 3 is 2.11 bits per heavy atom. The first-order valence-corrected chi connectivity index (χ1v) is 17.3. The van der Waals surface area contributed by atoms with E-state index in [4.69, 9.17) is 4.74 Å². The van der Waals surface area contributed by atoms with Crippen molar-refractivity contribution >= 4 is 21.9 Å². The Hall–Kier alpha value is -4.47. The average Bonchev–Trinajstić information content (AvgIpc) is 3.04. The van der Waals surface area contributed by atoms with Gasteiger partial charge in [0, 0.05) is 13.0 Å². The molecule has 1 amide bonds. The van der Waals surface area contributed by atoms with Gasteiger partial charge in [0.15, 0.2) is 0 Å². The highest BCUT2D eigenvalue weighted by Crippen LogP contribution is 2.37. The van der Waals surface area contributed by atoms with Crippen LogP contribution >= 0.6 is 0 Å². The minimum Gasteiger partial charge on any atom is -0.480 e. The molecule has 0 aliphatic carbocycles. The molecular formula is C38H42N2O6S. The Bertz CT molecular complexity index is 1830. The van der Waals surface area contributed by atoms with E-state index >= 15 is 0 Å². The zero-order chi connectivity index (χ0) is 33.9. The zero-order valence-corrected chi connectivity index (χ0v) is 28.3. The molecule has 4 aromatic rings. The number of sulfonamides is 1. The van der Waals surface area contributed by atoms with E-state index in [1.54, 1.807) is 26.0 Å². The van der Waals surface area contributed by atoms with Gasteiger partial charge in [-0.2, -0.15) is 4.31 Å². The summed E-state index contributed by atoms with van der Waals surface area (Å²) in [5, 5.41) is 12.0. The van der Waals surface area contributed by atoms with Crippen molar-refractivity contribution in [3.63, 3.8) is 0 Å². The first kappa shape index (κ1) is 33.9. The Morgan fingerprint density at radius 1 is 0.894 bits per heavy atom. The summed E-state index contributed by atoms with van der Waals surface area (Å²) in [5.74, 6) is -0.862. The van der Waals surface area contributed by atoms with Gasteiger partial charge in [0.25, 0.3) is 0 Å². The molecule has 2 N–H and O–H groups in total. The van der Waals surface area contributed by atoms with Gasteiger partial charge in [-0.1, -0.05) is 93.6 Å². The lowest BCUT2D eigenvalue weighted by molar-refractivity contribution is -0.142. The van der Waals surface area contributed by atoms with E-state index in [0.717, 1.165) is 27.8 Å². The zero-order valence-electron chi connectivity index (χ0n) is 27.4. The molecule has 5 rings (SSSR count). The Labute approximate surface area is 277 Å². The summed E-state index contributed by atoms with van der Waals surface area (Å²) in [5.41, 5.74) is 5.16. The lowest BCUT2D eigenvalue weighted by atomic mass is 9.87. The second-order valence-corrected chi connectivity index (χ2v) is 15.7. The molecule has 1 unspecified atom stereocenters. The molecule has 0 fully saturated rings. The molecule has 1 aliphatic heterocycles. The van der Waals surface area contributed by atoms with E-state index < -0.39 is 39.2 Å². The Morgan fingerprint density at radius 2 is 1.51 bits per heavy atom. The quantitative estimate of drug-likeness (QED) is 0.193. The van der Waals surface area contributed by atoms with E-state index in [0.29, 0.717) is 23.5 Å². The van der Waals surface area contributed by atoms with Crippen molar-refractivity contribution in [1.29, 1.82) is 0 Å². The van der Waals surface area contributed by atoms with Crippen LogP contribution in [-0.4, -0.2) is 47.5 Å². The molecule has 9 heteroatoms. The van der Waals surface area contributed by atoms with Crippen molar-refractivity contribution in [2.45, 2.75) is 70.2 Å². The molecule has 0 aromatic heterocycles. The highest BCUT2D eigenvalue weighted by atomic mass is 32.2. The maximum Gasteiger partial charge on any atom is 0.326 e. The number of amides is 1. The molecular weight excluding hydrogens is 612 g/mol. The average molecular weight is 655 g/mol. The van der Waals surface area contributed by atoms with Crippen LogP contribution in [0.3, 0.4) is 0 Å². The lowest BCUT2D eigenvalue weighted by Gasteiger charge is -2.37. The maximum atomic E-state index is 14.1. The van der Waals surface area contributed by atoms with Gasteiger partial charge in [-0.3, -0.25) is 4.79 Å². The monoisotopic (exact) mass is 654 g/mol. The summed E-state index contributed by atoms with van der Waals surface area (Å²) >= 11 is 0. The minimum absolute atomic E-state index is 0.0181. The number of rotatable bonds is 10. The number of carboxylic acids is 1. The van der Waals surface area contributed by atoms with Crippen LogP contribution in [0.15, 0.2) is 97.1 Å². The molecule has 0 saturated heterocycles. The number of aliphatic carboxylic acids is 1. The van der Waals surface area contributed by atoms with Crippen molar-refractivity contribution in [2.75, 3.05) is 6.54 Å². The standard InChI is InChI=1S/C38H42N2O6S/c1-25(2)47(44,45)40-22-21-29-15-18-32(46-31-19-16-30(17-20-31)38(3,4)5)24-33(29)35(40)36(41)39-34(37(42)43)23-26-11-13-28(14-12-26)27-9-7-6-8-10-27/h6-20,24-25,34-35H,21-23H2,1-5H3,(H,39,41)(H,42,43)/t34-,35?/m0/s1. The van der Waals surface area contributed by atoms with Gasteiger partial charge < -0.3 is 15.2 Å². The summed E-state index contributed by atoms with van der Waals surface area (Å²) in [7, 11) is -3.89. The molecule has 0 bridgehead atoms. The molecule has 2 atom stereocenters. The third-order valence-electron chi connectivity index (χ3n) is 8.54. The van der Waals surface area contributed by atoms with Gasteiger partial charge in [0.1, 0.15) is 23.6 Å².